The van der Waals surface area contributed by atoms with Gasteiger partial charge in [0.05, 0.1) is 12.7 Å². The molecule has 1 aliphatic heterocycles. The summed E-state index contributed by atoms with van der Waals surface area (Å²) in [6.07, 6.45) is 4.87. The van der Waals surface area contributed by atoms with Crippen molar-refractivity contribution < 1.29 is 14.7 Å². The molecule has 0 radical (unpaired) electrons. The number of nitrogens with one attached hydrogen (secondary N) is 1. The predicted molar refractivity (Wildman–Crippen MR) is 107 cm³/mol. The highest BCUT2D eigenvalue weighted by molar-refractivity contribution is 5.95. The molecular formula is C20H22N6O3. The summed E-state index contributed by atoms with van der Waals surface area (Å²) in [6.45, 7) is 1.24. The molecule has 2 aromatic heterocycles. The molecule has 4 rings (SSSR count). The number of rotatable bonds is 5. The fourth-order valence-corrected chi connectivity index (χ4v) is 3.62. The van der Waals surface area contributed by atoms with Crippen LogP contribution < -0.4 is 5.32 Å². The average Bonchev–Trinajstić information content (AvgIpc) is 3.14. The largest absolute Gasteiger partial charge is 0.480 e. The minimum atomic E-state index is -0.839. The van der Waals surface area contributed by atoms with Crippen LogP contribution in [0.15, 0.2) is 36.7 Å². The van der Waals surface area contributed by atoms with Gasteiger partial charge in [0, 0.05) is 30.1 Å². The van der Waals surface area contributed by atoms with Crippen molar-refractivity contribution in [2.24, 2.45) is 13.0 Å². The highest BCUT2D eigenvalue weighted by Crippen LogP contribution is 2.25. The fraction of sp³-hybridized carbons (Fsp3) is 0.350. The number of anilines is 1. The van der Waals surface area contributed by atoms with Gasteiger partial charge in [0.2, 0.25) is 5.91 Å². The van der Waals surface area contributed by atoms with E-state index in [4.69, 9.17) is 5.11 Å². The van der Waals surface area contributed by atoms with Crippen molar-refractivity contribution in [3.05, 3.63) is 36.7 Å². The molecule has 9 nitrogen and oxygen atoms in total. The molecule has 3 heterocycles. The molecule has 0 bridgehead atoms. The number of carbonyl (C=O) groups excluding carboxylic acids is 1. The number of aromatic nitrogens is 4. The molecule has 1 amide bonds. The van der Waals surface area contributed by atoms with Crippen molar-refractivity contribution in [3.8, 4) is 11.3 Å². The van der Waals surface area contributed by atoms with Gasteiger partial charge < -0.3 is 10.4 Å². The van der Waals surface area contributed by atoms with E-state index in [1.807, 2.05) is 42.4 Å². The second-order valence-corrected chi connectivity index (χ2v) is 7.34. The van der Waals surface area contributed by atoms with Crippen LogP contribution in [-0.2, 0) is 16.6 Å². The van der Waals surface area contributed by atoms with Crippen molar-refractivity contribution in [2.75, 3.05) is 25.0 Å². The second kappa shape index (κ2) is 7.96. The number of hydrogen-bond donors (Lipinski definition) is 2. The zero-order chi connectivity index (χ0) is 20.4. The summed E-state index contributed by atoms with van der Waals surface area (Å²) in [4.78, 5) is 29.6. The van der Waals surface area contributed by atoms with Gasteiger partial charge in [-0.1, -0.05) is 17.3 Å². The Labute approximate surface area is 167 Å². The molecule has 1 aliphatic rings. The Kier molecular flexibility index (Phi) is 5.22. The molecule has 0 spiro atoms. The Bertz CT molecular complexity index is 1060. The summed E-state index contributed by atoms with van der Waals surface area (Å²) in [6, 6.07) is 7.79. The van der Waals surface area contributed by atoms with E-state index in [1.54, 1.807) is 10.9 Å². The van der Waals surface area contributed by atoms with Crippen LogP contribution in [0, 0.1) is 5.92 Å². The van der Waals surface area contributed by atoms with Crippen LogP contribution in [0.25, 0.3) is 22.0 Å². The van der Waals surface area contributed by atoms with Crippen LogP contribution in [0.4, 0.5) is 5.82 Å². The number of nitrogens with zero attached hydrogens (tertiary/aromatic N) is 5. The summed E-state index contributed by atoms with van der Waals surface area (Å²) >= 11 is 0. The van der Waals surface area contributed by atoms with Crippen molar-refractivity contribution in [1.29, 1.82) is 0 Å². The van der Waals surface area contributed by atoms with Gasteiger partial charge >= 0.3 is 5.97 Å². The maximum absolute atomic E-state index is 12.6. The first-order valence-electron chi connectivity index (χ1n) is 9.49. The Hall–Kier alpha value is -3.33. The molecule has 0 atom stereocenters. The SMILES string of the molecule is Cn1cc(-c2ccc3cnc(NC(=O)C4CCN(CC(=O)O)CC4)cc3c2)nn1. The molecule has 0 aliphatic carbocycles. The summed E-state index contributed by atoms with van der Waals surface area (Å²) in [5, 5.41) is 21.8. The molecule has 9 heteroatoms. The number of benzene rings is 1. The van der Waals surface area contributed by atoms with Crippen LogP contribution in [-0.4, -0.2) is 61.5 Å². The van der Waals surface area contributed by atoms with Crippen molar-refractivity contribution in [3.63, 3.8) is 0 Å². The molecule has 2 N–H and O–H groups in total. The van der Waals surface area contributed by atoms with Gasteiger partial charge in [-0.05, 0) is 43.5 Å². The standard InChI is InChI=1S/C20H22N6O3/c1-25-11-17(23-24-25)14-2-3-15-10-21-18(9-16(15)8-14)22-20(29)13-4-6-26(7-5-13)12-19(27)28/h2-3,8-11,13H,4-7,12H2,1H3,(H,27,28)(H,21,22,29). The van der Waals surface area contributed by atoms with Crippen molar-refractivity contribution >= 4 is 28.5 Å². The van der Waals surface area contributed by atoms with Gasteiger partial charge in [0.25, 0.3) is 0 Å². The van der Waals surface area contributed by atoms with E-state index in [0.29, 0.717) is 31.7 Å². The number of likely N-dealkylation sites (tertiary alicyclic amines) is 1. The molecule has 150 valence electrons. The van der Waals surface area contributed by atoms with Crippen molar-refractivity contribution in [2.45, 2.75) is 12.8 Å². The quantitative estimate of drug-likeness (QED) is 0.678. The van der Waals surface area contributed by atoms with Crippen LogP contribution in [0.3, 0.4) is 0 Å². The Morgan fingerprint density at radius 3 is 2.69 bits per heavy atom. The van der Waals surface area contributed by atoms with E-state index in [2.05, 4.69) is 20.6 Å². The molecule has 1 aromatic carbocycles. The van der Waals surface area contributed by atoms with E-state index in [1.165, 1.54) is 0 Å². The normalized spacial score (nSPS) is 15.5. The van der Waals surface area contributed by atoms with Crippen LogP contribution >= 0.6 is 0 Å². The third kappa shape index (κ3) is 4.40. The third-order valence-corrected chi connectivity index (χ3v) is 5.19. The van der Waals surface area contributed by atoms with Crippen LogP contribution in [0.2, 0.25) is 0 Å². The number of aryl methyl sites for hydroxylation is 1. The predicted octanol–water partition coefficient (Wildman–Crippen LogP) is 1.77. The minimum absolute atomic E-state index is 0.0225. The minimum Gasteiger partial charge on any atom is -0.480 e. The molecule has 1 saturated heterocycles. The summed E-state index contributed by atoms with van der Waals surface area (Å²) in [7, 11) is 1.82. The van der Waals surface area contributed by atoms with E-state index in [9.17, 15) is 9.59 Å². The lowest BCUT2D eigenvalue weighted by molar-refractivity contribution is -0.138. The zero-order valence-corrected chi connectivity index (χ0v) is 16.1. The smallest absolute Gasteiger partial charge is 0.317 e. The van der Waals surface area contributed by atoms with Gasteiger partial charge in [-0.3, -0.25) is 19.2 Å². The highest BCUT2D eigenvalue weighted by Gasteiger charge is 2.26. The van der Waals surface area contributed by atoms with E-state index in [0.717, 1.165) is 22.0 Å². The lowest BCUT2D eigenvalue weighted by Gasteiger charge is -2.29. The number of carbonyl (C=O) groups is 2. The van der Waals surface area contributed by atoms with Crippen LogP contribution in [0.5, 0.6) is 0 Å². The third-order valence-electron chi connectivity index (χ3n) is 5.19. The maximum atomic E-state index is 12.6. The monoisotopic (exact) mass is 394 g/mol. The first-order chi connectivity index (χ1) is 14.0. The van der Waals surface area contributed by atoms with Crippen molar-refractivity contribution in [1.82, 2.24) is 24.9 Å². The first-order valence-corrected chi connectivity index (χ1v) is 9.49. The number of carboxylic acid groups (broad SMARTS) is 1. The molecule has 0 unspecified atom stereocenters. The van der Waals surface area contributed by atoms with Gasteiger partial charge in [-0.2, -0.15) is 0 Å². The second-order valence-electron chi connectivity index (χ2n) is 7.34. The van der Waals surface area contributed by atoms with E-state index < -0.39 is 5.97 Å². The average molecular weight is 394 g/mol. The van der Waals surface area contributed by atoms with E-state index >= 15 is 0 Å². The summed E-state index contributed by atoms with van der Waals surface area (Å²) in [5.41, 5.74) is 1.73. The fourth-order valence-electron chi connectivity index (χ4n) is 3.62. The zero-order valence-electron chi connectivity index (χ0n) is 16.1. The maximum Gasteiger partial charge on any atom is 0.317 e. The van der Waals surface area contributed by atoms with Gasteiger partial charge in [0.1, 0.15) is 11.5 Å². The molecule has 29 heavy (non-hydrogen) atoms. The van der Waals surface area contributed by atoms with Crippen LogP contribution in [0.1, 0.15) is 12.8 Å². The Morgan fingerprint density at radius 1 is 1.21 bits per heavy atom. The highest BCUT2D eigenvalue weighted by atomic mass is 16.4. The summed E-state index contributed by atoms with van der Waals surface area (Å²) < 4.78 is 1.65. The number of hydrogen-bond acceptors (Lipinski definition) is 6. The number of pyridine rings is 1. The molecular weight excluding hydrogens is 372 g/mol. The Balaban J connectivity index is 1.45. The summed E-state index contributed by atoms with van der Waals surface area (Å²) in [5.74, 6) is -0.541. The molecule has 1 fully saturated rings. The lowest BCUT2D eigenvalue weighted by Crippen LogP contribution is -2.40. The first kappa shape index (κ1) is 19.0. The van der Waals surface area contributed by atoms with Gasteiger partial charge in [0.15, 0.2) is 0 Å². The Morgan fingerprint density at radius 2 is 2.00 bits per heavy atom. The lowest BCUT2D eigenvalue weighted by atomic mass is 9.96. The molecule has 0 saturated carbocycles. The number of piperidine rings is 1. The van der Waals surface area contributed by atoms with Gasteiger partial charge in [-0.15, -0.1) is 5.10 Å². The van der Waals surface area contributed by atoms with Gasteiger partial charge in [-0.25, -0.2) is 4.98 Å². The van der Waals surface area contributed by atoms with E-state index in [-0.39, 0.29) is 18.4 Å². The number of aliphatic carboxylic acids is 1. The number of amides is 1. The topological polar surface area (TPSA) is 113 Å². The number of carboxylic acids is 1. The molecule has 3 aromatic rings. The number of fused-ring (bicyclic) bond motifs is 1.